The Hall–Kier alpha value is -3.30. The van der Waals surface area contributed by atoms with E-state index in [1.807, 2.05) is 19.9 Å². The van der Waals surface area contributed by atoms with Crippen molar-refractivity contribution in [3.05, 3.63) is 70.9 Å². The van der Waals surface area contributed by atoms with Crippen molar-refractivity contribution in [2.24, 2.45) is 13.0 Å². The van der Waals surface area contributed by atoms with E-state index in [4.69, 9.17) is 4.74 Å². The van der Waals surface area contributed by atoms with Gasteiger partial charge in [0.2, 0.25) is 12.0 Å². The maximum Gasteiger partial charge on any atom is 0.422 e. The highest BCUT2D eigenvalue weighted by Crippen LogP contribution is 2.79. The molecule has 1 spiro atoms. The predicted molar refractivity (Wildman–Crippen MR) is 148 cm³/mol. The van der Waals surface area contributed by atoms with E-state index in [0.29, 0.717) is 25.2 Å². The molecule has 2 aromatic heterocycles. The fourth-order valence-corrected chi connectivity index (χ4v) is 8.46. The van der Waals surface area contributed by atoms with Gasteiger partial charge in [0.1, 0.15) is 17.6 Å². The molecule has 0 N–H and O–H groups in total. The quantitative estimate of drug-likeness (QED) is 0.114. The number of halogens is 5. The van der Waals surface area contributed by atoms with Crippen LogP contribution in [-0.4, -0.2) is 10.5 Å². The first-order chi connectivity index (χ1) is 20.3. The largest absolute Gasteiger partial charge is 0.422 e. The topological polar surface area (TPSA) is 39.0 Å². The van der Waals surface area contributed by atoms with Gasteiger partial charge in [-0.1, -0.05) is 52.9 Å². The van der Waals surface area contributed by atoms with Gasteiger partial charge in [0.05, 0.1) is 12.6 Å². The van der Waals surface area contributed by atoms with Crippen molar-refractivity contribution in [1.82, 2.24) is 4.57 Å². The first kappa shape index (κ1) is 29.8. The molecule has 230 valence electrons. The van der Waals surface area contributed by atoms with E-state index in [9.17, 15) is 18.0 Å². The number of unbranched alkanes of at least 4 members (excludes halogenated alkanes) is 1. The minimum absolute atomic E-state index is 0.0998. The Morgan fingerprint density at radius 2 is 1.81 bits per heavy atom. The van der Waals surface area contributed by atoms with E-state index in [1.165, 1.54) is 0 Å². The Labute approximate surface area is 248 Å². The highest BCUT2D eigenvalue weighted by molar-refractivity contribution is 5.91. The molecule has 5 nitrogen and oxygen atoms in total. The van der Waals surface area contributed by atoms with Crippen molar-refractivity contribution in [3.8, 4) is 11.3 Å². The number of aryl methyl sites for hydroxylation is 2. The zero-order valence-corrected chi connectivity index (χ0v) is 25.2. The lowest BCUT2D eigenvalue weighted by molar-refractivity contribution is -0.740. The number of hydrogen-bond donors (Lipinski definition) is 0. The fraction of sp³-hybridized carbons (Fsp3) is 0.545. The summed E-state index contributed by atoms with van der Waals surface area (Å²) in [6.07, 6.45) is 6.61. The number of imidazole rings is 1. The summed E-state index contributed by atoms with van der Waals surface area (Å²) in [6.45, 7) is 8.14. The summed E-state index contributed by atoms with van der Waals surface area (Å²) in [6, 6.07) is 4.49. The van der Waals surface area contributed by atoms with Gasteiger partial charge in [-0.15, -0.1) is 0 Å². The second-order valence-corrected chi connectivity index (χ2v) is 12.6. The van der Waals surface area contributed by atoms with Gasteiger partial charge in [0.25, 0.3) is 11.2 Å². The number of aromatic nitrogens is 3. The number of ether oxygens (including phenoxy) is 1. The van der Waals surface area contributed by atoms with Crippen LogP contribution >= 0.6 is 0 Å². The lowest BCUT2D eigenvalue weighted by Gasteiger charge is -2.27. The van der Waals surface area contributed by atoms with E-state index in [0.717, 1.165) is 43.7 Å². The Morgan fingerprint density at radius 3 is 2.47 bits per heavy atom. The van der Waals surface area contributed by atoms with Crippen molar-refractivity contribution >= 4 is 5.97 Å². The molecule has 0 saturated heterocycles. The van der Waals surface area contributed by atoms with Crippen LogP contribution < -0.4 is 9.13 Å². The summed E-state index contributed by atoms with van der Waals surface area (Å²) in [7, 11) is 1.76. The Kier molecular flexibility index (Phi) is 6.82. The van der Waals surface area contributed by atoms with Crippen molar-refractivity contribution < 1.29 is 40.6 Å². The number of alkyl halides is 3. The highest BCUT2D eigenvalue weighted by Gasteiger charge is 3.03. The minimum atomic E-state index is -5.23. The molecule has 43 heavy (non-hydrogen) atoms. The molecular weight excluding hydrogens is 565 g/mol. The maximum absolute atomic E-state index is 16.3. The van der Waals surface area contributed by atoms with Gasteiger partial charge in [-0.25, -0.2) is 18.1 Å². The third-order valence-electron chi connectivity index (χ3n) is 10.5. The van der Waals surface area contributed by atoms with E-state index in [2.05, 4.69) is 13.8 Å². The minimum Gasteiger partial charge on any atom is -0.405 e. The van der Waals surface area contributed by atoms with Gasteiger partial charge in [0, 0.05) is 19.1 Å². The number of carbonyl (C=O) groups is 1. The molecule has 3 aliphatic rings. The molecule has 0 radical (unpaired) electrons. The van der Waals surface area contributed by atoms with Crippen molar-refractivity contribution in [2.45, 2.75) is 102 Å². The molecule has 0 bridgehead atoms. The molecule has 2 aliphatic heterocycles. The fourth-order valence-electron chi connectivity index (χ4n) is 8.46. The number of carbonyl (C=O) groups excluding carboxylic acids is 1. The Bertz CT molecular complexity index is 1630. The number of pyridine rings is 1. The number of esters is 1. The number of rotatable bonds is 9. The lowest BCUT2D eigenvalue weighted by atomic mass is 9.78. The van der Waals surface area contributed by atoms with Gasteiger partial charge in [0.15, 0.2) is 17.4 Å². The number of benzene rings is 1. The van der Waals surface area contributed by atoms with Crippen LogP contribution in [0.1, 0.15) is 99.8 Å². The Morgan fingerprint density at radius 1 is 1.09 bits per heavy atom. The van der Waals surface area contributed by atoms with E-state index < -0.39 is 46.0 Å². The zero-order valence-electron chi connectivity index (χ0n) is 25.2. The summed E-state index contributed by atoms with van der Waals surface area (Å²) in [5.41, 5.74) is -4.45. The maximum atomic E-state index is 16.3. The van der Waals surface area contributed by atoms with Crippen molar-refractivity contribution in [1.29, 1.82) is 0 Å². The normalized spacial score (nSPS) is 25.0. The smallest absolute Gasteiger partial charge is 0.405 e. The van der Waals surface area contributed by atoms with Gasteiger partial charge in [-0.2, -0.15) is 22.3 Å². The van der Waals surface area contributed by atoms with Crippen LogP contribution in [0.3, 0.4) is 0 Å². The van der Waals surface area contributed by atoms with Gasteiger partial charge in [-0.05, 0) is 42.4 Å². The predicted octanol–water partition coefficient (Wildman–Crippen LogP) is 7.02. The average molecular weight is 604 g/mol. The molecule has 1 fully saturated rings. The van der Waals surface area contributed by atoms with Crippen LogP contribution in [0.5, 0.6) is 0 Å². The molecule has 1 aromatic carbocycles. The van der Waals surface area contributed by atoms with E-state index in [1.54, 1.807) is 45.5 Å². The monoisotopic (exact) mass is 603 g/mol. The van der Waals surface area contributed by atoms with Gasteiger partial charge < -0.3 is 4.74 Å². The van der Waals surface area contributed by atoms with Crippen molar-refractivity contribution in [3.63, 3.8) is 0 Å². The molecule has 4 heterocycles. The standard InChI is InChI=1S/C33H38F5N3O2/c1-6-14-31-22-17-23(34)27(32(36,37)38)28(35)26(22)24-16-21(12-10-9-11-20(7-2)8-3)13-15-40(24)30(31,4)33(31)41-19-39(5)18-25(41)29(42)43-33/h13,15-20H,6-12,14H2,1-5H3/q+2. The van der Waals surface area contributed by atoms with E-state index >= 15 is 8.78 Å². The number of hydrogen-bond acceptors (Lipinski definition) is 2. The van der Waals surface area contributed by atoms with E-state index in [-0.39, 0.29) is 22.5 Å². The molecule has 3 aromatic rings. The Balaban J connectivity index is 1.57. The SMILES string of the molecule is CCCC12c3cc(F)c(C(F)(F)F)c(F)c3-c3cc(CCCCC(CC)CC)cc[n+]3C1(C)C21OC(=O)c2c[n+](C)cn21. The second kappa shape index (κ2) is 9.86. The molecule has 10 heteroatoms. The highest BCUT2D eigenvalue weighted by atomic mass is 19.4. The summed E-state index contributed by atoms with van der Waals surface area (Å²) in [4.78, 5) is 13.2. The number of fused-ring (bicyclic) bond motifs is 10. The van der Waals surface area contributed by atoms with Crippen LogP contribution in [0.15, 0.2) is 36.9 Å². The molecule has 0 amide bonds. The first-order valence-corrected chi connectivity index (χ1v) is 15.3. The molecule has 3 unspecified atom stereocenters. The van der Waals surface area contributed by atoms with Crippen LogP contribution in [0, 0.1) is 17.6 Å². The van der Waals surface area contributed by atoms with Gasteiger partial charge >= 0.3 is 17.9 Å². The van der Waals surface area contributed by atoms with Crippen LogP contribution in [0.4, 0.5) is 22.0 Å². The summed E-state index contributed by atoms with van der Waals surface area (Å²) in [5, 5.41) is 0. The third-order valence-corrected chi connectivity index (χ3v) is 10.5. The van der Waals surface area contributed by atoms with Crippen LogP contribution in [0.25, 0.3) is 11.3 Å². The van der Waals surface area contributed by atoms with Crippen molar-refractivity contribution in [2.75, 3.05) is 0 Å². The average Bonchev–Trinajstić information content (AvgIpc) is 3.17. The molecule has 1 aliphatic carbocycles. The van der Waals surface area contributed by atoms with Gasteiger partial charge in [-0.3, -0.25) is 0 Å². The molecule has 3 atom stereocenters. The summed E-state index contributed by atoms with van der Waals surface area (Å²) < 4.78 is 85.3. The lowest BCUT2D eigenvalue weighted by Crippen LogP contribution is -2.55. The summed E-state index contributed by atoms with van der Waals surface area (Å²) in [5.74, 6) is -3.23. The molecule has 6 rings (SSSR count). The summed E-state index contributed by atoms with van der Waals surface area (Å²) >= 11 is 0. The van der Waals surface area contributed by atoms with Crippen LogP contribution in [-0.2, 0) is 41.1 Å². The number of nitrogens with zero attached hydrogens (tertiary/aromatic N) is 3. The van der Waals surface area contributed by atoms with Crippen LogP contribution in [0.2, 0.25) is 0 Å². The molecule has 1 saturated carbocycles. The zero-order chi connectivity index (χ0) is 31.1. The second-order valence-electron chi connectivity index (χ2n) is 12.6. The first-order valence-electron chi connectivity index (χ1n) is 15.3. The third kappa shape index (κ3) is 3.70. The molecular formula is C33H38F5N3O2+2.